The first kappa shape index (κ1) is 21.4. The third-order valence-corrected chi connectivity index (χ3v) is 5.23. The number of aryl methyl sites for hydroxylation is 1. The van der Waals surface area contributed by atoms with Gasteiger partial charge in [0.05, 0.1) is 6.04 Å². The zero-order chi connectivity index (χ0) is 21.5. The molecule has 3 rings (SSSR count). The van der Waals surface area contributed by atoms with E-state index in [0.717, 1.165) is 30.4 Å². The summed E-state index contributed by atoms with van der Waals surface area (Å²) in [6.07, 6.45) is 2.03. The average Bonchev–Trinajstić information content (AvgIpc) is 2.74. The highest BCUT2D eigenvalue weighted by Gasteiger charge is 2.28. The van der Waals surface area contributed by atoms with Gasteiger partial charge in [0.25, 0.3) is 5.91 Å². The molecular weight excluding hydrogens is 382 g/mol. The van der Waals surface area contributed by atoms with Crippen molar-refractivity contribution < 1.29 is 19.1 Å². The van der Waals surface area contributed by atoms with E-state index in [9.17, 15) is 14.4 Å². The van der Waals surface area contributed by atoms with Crippen LogP contribution in [0.5, 0.6) is 0 Å². The van der Waals surface area contributed by atoms with Crippen molar-refractivity contribution in [1.29, 1.82) is 0 Å². The van der Waals surface area contributed by atoms with Gasteiger partial charge in [-0.2, -0.15) is 0 Å². The maximum Gasteiger partial charge on any atom is 0.329 e. The largest absolute Gasteiger partial charge is 0.451 e. The summed E-state index contributed by atoms with van der Waals surface area (Å²) in [5, 5.41) is 5.38. The van der Waals surface area contributed by atoms with Gasteiger partial charge in [-0.3, -0.25) is 4.79 Å². The smallest absolute Gasteiger partial charge is 0.329 e. The van der Waals surface area contributed by atoms with Crippen molar-refractivity contribution in [2.24, 2.45) is 5.73 Å². The SMILES string of the molecule is C[C@H](OC(=O)[C@H](Cc1ccccc1)NC(N)=O)C(=O)N[C@@H]1CCCc2ccccc21. The Morgan fingerprint density at radius 3 is 2.53 bits per heavy atom. The highest BCUT2D eigenvalue weighted by atomic mass is 16.5. The Morgan fingerprint density at radius 2 is 1.80 bits per heavy atom. The Labute approximate surface area is 176 Å². The van der Waals surface area contributed by atoms with E-state index in [-0.39, 0.29) is 18.4 Å². The van der Waals surface area contributed by atoms with Crippen molar-refractivity contribution in [3.63, 3.8) is 0 Å². The van der Waals surface area contributed by atoms with E-state index in [4.69, 9.17) is 10.5 Å². The summed E-state index contributed by atoms with van der Waals surface area (Å²) in [4.78, 5) is 36.6. The van der Waals surface area contributed by atoms with Crippen LogP contribution in [-0.4, -0.2) is 30.1 Å². The quantitative estimate of drug-likeness (QED) is 0.610. The normalized spacial score (nSPS) is 17.2. The first-order chi connectivity index (χ1) is 14.4. The molecule has 2 aromatic carbocycles. The first-order valence-electron chi connectivity index (χ1n) is 10.1. The first-order valence-corrected chi connectivity index (χ1v) is 10.1. The maximum atomic E-state index is 12.7. The van der Waals surface area contributed by atoms with Gasteiger partial charge in [0.15, 0.2) is 6.10 Å². The molecule has 0 saturated carbocycles. The minimum atomic E-state index is -1.00. The molecule has 0 unspecified atom stereocenters. The molecular formula is C23H27N3O4. The molecule has 0 spiro atoms. The minimum Gasteiger partial charge on any atom is -0.451 e. The fourth-order valence-electron chi connectivity index (χ4n) is 3.72. The molecule has 1 aliphatic carbocycles. The lowest BCUT2D eigenvalue weighted by molar-refractivity contribution is -0.156. The van der Waals surface area contributed by atoms with Crippen LogP contribution in [0.3, 0.4) is 0 Å². The van der Waals surface area contributed by atoms with Crippen LogP contribution in [0.4, 0.5) is 4.79 Å². The van der Waals surface area contributed by atoms with Gasteiger partial charge in [0.1, 0.15) is 6.04 Å². The van der Waals surface area contributed by atoms with Crippen LogP contribution in [0.2, 0.25) is 0 Å². The van der Waals surface area contributed by atoms with Crippen molar-refractivity contribution >= 4 is 17.9 Å². The van der Waals surface area contributed by atoms with Crippen molar-refractivity contribution in [1.82, 2.24) is 10.6 Å². The van der Waals surface area contributed by atoms with Gasteiger partial charge in [-0.15, -0.1) is 0 Å². The number of benzene rings is 2. The molecule has 0 heterocycles. The van der Waals surface area contributed by atoms with E-state index in [1.807, 2.05) is 48.5 Å². The number of hydrogen-bond donors (Lipinski definition) is 3. The van der Waals surface area contributed by atoms with Crippen LogP contribution in [0.1, 0.15) is 42.5 Å². The summed E-state index contributed by atoms with van der Waals surface area (Å²) in [5.41, 5.74) is 8.38. The standard InChI is InChI=1S/C23H27N3O4/c1-15(21(27)25-19-13-7-11-17-10-5-6-12-18(17)19)30-22(28)20(26-23(24)29)14-16-8-3-2-4-9-16/h2-6,8-10,12,15,19-20H,7,11,13-14H2,1H3,(H,25,27)(H3,24,26,29)/t15-,19+,20-/m0/s1. The van der Waals surface area contributed by atoms with Crippen LogP contribution >= 0.6 is 0 Å². The molecule has 3 amide bonds. The molecule has 0 saturated heterocycles. The number of rotatable bonds is 7. The molecule has 0 aromatic heterocycles. The van der Waals surface area contributed by atoms with Crippen LogP contribution < -0.4 is 16.4 Å². The van der Waals surface area contributed by atoms with Crippen molar-refractivity contribution in [3.05, 3.63) is 71.3 Å². The van der Waals surface area contributed by atoms with Gasteiger partial charge in [-0.25, -0.2) is 9.59 Å². The fourth-order valence-corrected chi connectivity index (χ4v) is 3.72. The number of hydrogen-bond acceptors (Lipinski definition) is 4. The number of carbonyl (C=O) groups excluding carboxylic acids is 3. The Morgan fingerprint density at radius 1 is 1.10 bits per heavy atom. The zero-order valence-corrected chi connectivity index (χ0v) is 17.0. The Kier molecular flexibility index (Phi) is 7.06. The van der Waals surface area contributed by atoms with Gasteiger partial charge in [0, 0.05) is 6.42 Å². The second-order valence-corrected chi connectivity index (χ2v) is 7.48. The summed E-state index contributed by atoms with van der Waals surface area (Å²) in [6.45, 7) is 1.52. The molecule has 0 bridgehead atoms. The number of nitrogens with two attached hydrogens (primary N) is 1. The van der Waals surface area contributed by atoms with E-state index in [2.05, 4.69) is 16.7 Å². The molecule has 3 atom stereocenters. The van der Waals surface area contributed by atoms with E-state index in [1.54, 1.807) is 0 Å². The average molecular weight is 409 g/mol. The lowest BCUT2D eigenvalue weighted by Crippen LogP contribution is -2.48. The van der Waals surface area contributed by atoms with Gasteiger partial charge in [-0.05, 0) is 42.9 Å². The van der Waals surface area contributed by atoms with Gasteiger partial charge < -0.3 is 21.1 Å². The zero-order valence-electron chi connectivity index (χ0n) is 17.0. The Bertz CT molecular complexity index is 900. The molecule has 2 aromatic rings. The second-order valence-electron chi connectivity index (χ2n) is 7.48. The summed E-state index contributed by atoms with van der Waals surface area (Å²) in [6, 6.07) is 15.3. The number of primary amides is 1. The van der Waals surface area contributed by atoms with Gasteiger partial charge in [-0.1, -0.05) is 54.6 Å². The lowest BCUT2D eigenvalue weighted by Gasteiger charge is -2.27. The lowest BCUT2D eigenvalue weighted by atomic mass is 9.87. The summed E-state index contributed by atoms with van der Waals surface area (Å²) in [7, 11) is 0. The van der Waals surface area contributed by atoms with E-state index in [0.29, 0.717) is 0 Å². The second kappa shape index (κ2) is 9.91. The maximum absolute atomic E-state index is 12.7. The molecule has 7 heteroatoms. The number of nitrogens with one attached hydrogen (secondary N) is 2. The number of urea groups is 1. The number of amides is 3. The third-order valence-electron chi connectivity index (χ3n) is 5.23. The molecule has 7 nitrogen and oxygen atoms in total. The highest BCUT2D eigenvalue weighted by molar-refractivity contribution is 5.87. The summed E-state index contributed by atoms with van der Waals surface area (Å²) < 4.78 is 5.36. The molecule has 0 radical (unpaired) electrons. The third kappa shape index (κ3) is 5.59. The molecule has 1 aliphatic rings. The summed E-state index contributed by atoms with van der Waals surface area (Å²) >= 11 is 0. The van der Waals surface area contributed by atoms with Crippen LogP contribution in [0, 0.1) is 0 Å². The molecule has 30 heavy (non-hydrogen) atoms. The number of fused-ring (bicyclic) bond motifs is 1. The van der Waals surface area contributed by atoms with Crippen LogP contribution in [0.25, 0.3) is 0 Å². The van der Waals surface area contributed by atoms with Crippen molar-refractivity contribution in [2.75, 3.05) is 0 Å². The van der Waals surface area contributed by atoms with Crippen LogP contribution in [-0.2, 0) is 27.2 Å². The Balaban J connectivity index is 1.61. The predicted molar refractivity (Wildman–Crippen MR) is 112 cm³/mol. The number of esters is 1. The minimum absolute atomic E-state index is 0.104. The fraction of sp³-hybridized carbons (Fsp3) is 0.348. The summed E-state index contributed by atoms with van der Waals surface area (Å²) in [5.74, 6) is -1.08. The van der Waals surface area contributed by atoms with Crippen LogP contribution in [0.15, 0.2) is 54.6 Å². The van der Waals surface area contributed by atoms with E-state index < -0.39 is 24.1 Å². The molecule has 0 aliphatic heterocycles. The number of ether oxygens (including phenoxy) is 1. The molecule has 158 valence electrons. The van der Waals surface area contributed by atoms with Crippen molar-refractivity contribution in [2.45, 2.75) is 50.8 Å². The number of carbonyl (C=O) groups is 3. The predicted octanol–water partition coefficient (Wildman–Crippen LogP) is 2.39. The van der Waals surface area contributed by atoms with E-state index >= 15 is 0 Å². The van der Waals surface area contributed by atoms with Gasteiger partial charge in [0.2, 0.25) is 0 Å². The Hall–Kier alpha value is -3.35. The molecule has 4 N–H and O–H groups in total. The molecule has 0 fully saturated rings. The topological polar surface area (TPSA) is 111 Å². The highest BCUT2D eigenvalue weighted by Crippen LogP contribution is 2.29. The van der Waals surface area contributed by atoms with Gasteiger partial charge >= 0.3 is 12.0 Å². The van der Waals surface area contributed by atoms with E-state index in [1.165, 1.54) is 12.5 Å². The monoisotopic (exact) mass is 409 g/mol. The van der Waals surface area contributed by atoms with Crippen molar-refractivity contribution in [3.8, 4) is 0 Å².